The standard InChI is InChI=1S/C13H17N5O2S.ClH/c1-2-3-8(14)12(20)18-13-17-10(6-21-13)7-4-9(11(15)19)16-5-7;/h4-6,8,16H,2-3,14H2,1H3,(H2,15,19)(H,17,18,20);1H. The highest BCUT2D eigenvalue weighted by Crippen LogP contribution is 2.25. The fourth-order valence-corrected chi connectivity index (χ4v) is 2.51. The number of hydrogen-bond acceptors (Lipinski definition) is 5. The molecule has 0 radical (unpaired) electrons. The predicted molar refractivity (Wildman–Crippen MR) is 89.2 cm³/mol. The molecular weight excluding hydrogens is 326 g/mol. The number of aromatic amines is 1. The van der Waals surface area contributed by atoms with Crippen LogP contribution < -0.4 is 16.8 Å². The van der Waals surface area contributed by atoms with Gasteiger partial charge >= 0.3 is 0 Å². The van der Waals surface area contributed by atoms with Crippen molar-refractivity contribution in [2.24, 2.45) is 11.5 Å². The fraction of sp³-hybridized carbons (Fsp3) is 0.308. The van der Waals surface area contributed by atoms with Gasteiger partial charge in [0.25, 0.3) is 5.91 Å². The summed E-state index contributed by atoms with van der Waals surface area (Å²) < 4.78 is 0. The van der Waals surface area contributed by atoms with E-state index < -0.39 is 11.9 Å². The normalized spacial score (nSPS) is 11.5. The number of nitrogens with two attached hydrogens (primary N) is 2. The molecule has 0 aromatic carbocycles. The summed E-state index contributed by atoms with van der Waals surface area (Å²) in [7, 11) is 0. The van der Waals surface area contributed by atoms with E-state index in [0.29, 0.717) is 22.9 Å². The van der Waals surface area contributed by atoms with Crippen molar-refractivity contribution in [1.29, 1.82) is 0 Å². The lowest BCUT2D eigenvalue weighted by atomic mass is 10.2. The lowest BCUT2D eigenvalue weighted by Crippen LogP contribution is -2.35. The van der Waals surface area contributed by atoms with Gasteiger partial charge in [-0.15, -0.1) is 23.7 Å². The van der Waals surface area contributed by atoms with Crippen LogP contribution in [0, 0.1) is 0 Å². The number of amides is 2. The molecular formula is C13H18ClN5O2S. The Hall–Kier alpha value is -1.90. The van der Waals surface area contributed by atoms with Gasteiger partial charge in [-0.05, 0) is 12.5 Å². The van der Waals surface area contributed by atoms with Gasteiger partial charge in [-0.3, -0.25) is 9.59 Å². The first-order valence-corrected chi connectivity index (χ1v) is 7.39. The molecule has 0 spiro atoms. The zero-order valence-corrected chi connectivity index (χ0v) is 13.6. The number of primary amides is 1. The summed E-state index contributed by atoms with van der Waals surface area (Å²) in [5.41, 5.74) is 12.6. The molecule has 6 N–H and O–H groups in total. The average Bonchev–Trinajstić information content (AvgIpc) is 3.06. The molecule has 2 heterocycles. The lowest BCUT2D eigenvalue weighted by Gasteiger charge is -2.08. The van der Waals surface area contributed by atoms with Crippen molar-refractivity contribution in [2.75, 3.05) is 5.32 Å². The summed E-state index contributed by atoms with van der Waals surface area (Å²) in [6.45, 7) is 1.97. The molecule has 0 aliphatic rings. The van der Waals surface area contributed by atoms with Crippen LogP contribution in [0.25, 0.3) is 11.3 Å². The van der Waals surface area contributed by atoms with E-state index in [-0.39, 0.29) is 18.3 Å². The van der Waals surface area contributed by atoms with Crippen molar-refractivity contribution in [3.8, 4) is 11.3 Å². The molecule has 120 valence electrons. The molecule has 2 rings (SSSR count). The van der Waals surface area contributed by atoms with E-state index in [1.807, 2.05) is 6.92 Å². The number of nitrogens with zero attached hydrogens (tertiary/aromatic N) is 1. The molecule has 1 atom stereocenters. The highest BCUT2D eigenvalue weighted by molar-refractivity contribution is 7.14. The SMILES string of the molecule is CCCC(N)C(=O)Nc1nc(-c2c[nH]c(C(N)=O)c2)cs1.Cl. The maximum atomic E-state index is 11.8. The number of carbonyl (C=O) groups excluding carboxylic acids is 2. The Morgan fingerprint density at radius 3 is 2.82 bits per heavy atom. The van der Waals surface area contributed by atoms with Gasteiger partial charge in [-0.1, -0.05) is 13.3 Å². The minimum absolute atomic E-state index is 0. The van der Waals surface area contributed by atoms with Gasteiger partial charge < -0.3 is 21.8 Å². The Labute approximate surface area is 137 Å². The Morgan fingerprint density at radius 1 is 1.50 bits per heavy atom. The van der Waals surface area contributed by atoms with E-state index in [1.165, 1.54) is 11.3 Å². The highest BCUT2D eigenvalue weighted by Gasteiger charge is 2.15. The van der Waals surface area contributed by atoms with E-state index in [0.717, 1.165) is 12.0 Å². The molecule has 0 aliphatic heterocycles. The second kappa shape index (κ2) is 7.92. The third kappa shape index (κ3) is 4.30. The van der Waals surface area contributed by atoms with Crippen LogP contribution in [0.15, 0.2) is 17.6 Å². The van der Waals surface area contributed by atoms with Gasteiger partial charge in [0, 0.05) is 17.1 Å². The number of rotatable bonds is 6. The van der Waals surface area contributed by atoms with Crippen LogP contribution in [0.1, 0.15) is 30.3 Å². The number of anilines is 1. The van der Waals surface area contributed by atoms with Crippen LogP contribution in [-0.2, 0) is 4.79 Å². The maximum absolute atomic E-state index is 11.8. The van der Waals surface area contributed by atoms with Crippen molar-refractivity contribution in [3.63, 3.8) is 0 Å². The Kier molecular flexibility index (Phi) is 6.54. The summed E-state index contributed by atoms with van der Waals surface area (Å²) in [5.74, 6) is -0.778. The number of H-pyrrole nitrogens is 1. The molecule has 0 saturated heterocycles. The van der Waals surface area contributed by atoms with Crippen molar-refractivity contribution in [2.45, 2.75) is 25.8 Å². The van der Waals surface area contributed by atoms with Crippen LogP contribution >= 0.6 is 23.7 Å². The quantitative estimate of drug-likeness (QED) is 0.636. The van der Waals surface area contributed by atoms with Gasteiger partial charge in [0.1, 0.15) is 5.69 Å². The topological polar surface area (TPSA) is 127 Å². The molecule has 1 unspecified atom stereocenters. The predicted octanol–water partition coefficient (Wildman–Crippen LogP) is 1.72. The summed E-state index contributed by atoms with van der Waals surface area (Å²) in [6, 6.07) is 1.09. The fourth-order valence-electron chi connectivity index (χ4n) is 1.79. The van der Waals surface area contributed by atoms with Crippen LogP contribution in [0.5, 0.6) is 0 Å². The number of nitrogens with one attached hydrogen (secondary N) is 2. The Morgan fingerprint density at radius 2 is 2.23 bits per heavy atom. The Balaban J connectivity index is 0.00000242. The monoisotopic (exact) mass is 343 g/mol. The summed E-state index contributed by atoms with van der Waals surface area (Å²) >= 11 is 1.30. The minimum atomic E-state index is -0.532. The number of aromatic nitrogens is 2. The number of thiazole rings is 1. The van der Waals surface area contributed by atoms with Gasteiger partial charge in [0.2, 0.25) is 5.91 Å². The van der Waals surface area contributed by atoms with Gasteiger partial charge in [-0.25, -0.2) is 4.98 Å². The second-order valence-corrected chi connectivity index (χ2v) is 5.45. The molecule has 0 aliphatic carbocycles. The van der Waals surface area contributed by atoms with Gasteiger partial charge in [0.15, 0.2) is 5.13 Å². The van der Waals surface area contributed by atoms with Gasteiger partial charge in [0.05, 0.1) is 11.7 Å². The maximum Gasteiger partial charge on any atom is 0.265 e. The second-order valence-electron chi connectivity index (χ2n) is 4.59. The van der Waals surface area contributed by atoms with Crippen LogP contribution in [0.4, 0.5) is 5.13 Å². The van der Waals surface area contributed by atoms with E-state index in [4.69, 9.17) is 11.5 Å². The van der Waals surface area contributed by atoms with Crippen LogP contribution in [0.2, 0.25) is 0 Å². The molecule has 0 bridgehead atoms. The molecule has 0 saturated carbocycles. The molecule has 2 aromatic heterocycles. The molecule has 0 fully saturated rings. The smallest absolute Gasteiger partial charge is 0.265 e. The number of hydrogen-bond donors (Lipinski definition) is 4. The van der Waals surface area contributed by atoms with E-state index in [9.17, 15) is 9.59 Å². The first kappa shape index (κ1) is 18.1. The Bertz CT molecular complexity index is 654. The largest absolute Gasteiger partial charge is 0.364 e. The third-order valence-electron chi connectivity index (χ3n) is 2.92. The zero-order chi connectivity index (χ0) is 15.4. The van der Waals surface area contributed by atoms with Crippen molar-refractivity contribution in [1.82, 2.24) is 9.97 Å². The first-order chi connectivity index (χ1) is 10.0. The van der Waals surface area contributed by atoms with E-state index in [1.54, 1.807) is 17.6 Å². The lowest BCUT2D eigenvalue weighted by molar-refractivity contribution is -0.117. The van der Waals surface area contributed by atoms with Crippen molar-refractivity contribution in [3.05, 3.63) is 23.3 Å². The summed E-state index contributed by atoms with van der Waals surface area (Å²) in [6.07, 6.45) is 3.12. The molecule has 2 amide bonds. The third-order valence-corrected chi connectivity index (χ3v) is 3.67. The number of carbonyl (C=O) groups is 2. The molecule has 7 nitrogen and oxygen atoms in total. The highest BCUT2D eigenvalue weighted by atomic mass is 35.5. The van der Waals surface area contributed by atoms with Crippen LogP contribution in [0.3, 0.4) is 0 Å². The van der Waals surface area contributed by atoms with E-state index in [2.05, 4.69) is 15.3 Å². The summed E-state index contributed by atoms with van der Waals surface area (Å²) in [5, 5.41) is 4.95. The zero-order valence-electron chi connectivity index (χ0n) is 12.0. The number of halogens is 1. The minimum Gasteiger partial charge on any atom is -0.364 e. The molecule has 9 heteroatoms. The molecule has 22 heavy (non-hydrogen) atoms. The van der Waals surface area contributed by atoms with E-state index >= 15 is 0 Å². The van der Waals surface area contributed by atoms with Gasteiger partial charge in [-0.2, -0.15) is 0 Å². The van der Waals surface area contributed by atoms with Crippen molar-refractivity contribution >= 4 is 40.7 Å². The first-order valence-electron chi connectivity index (χ1n) is 6.51. The van der Waals surface area contributed by atoms with Crippen molar-refractivity contribution < 1.29 is 9.59 Å². The van der Waals surface area contributed by atoms with Crippen LogP contribution in [-0.4, -0.2) is 27.8 Å². The average molecular weight is 344 g/mol. The summed E-state index contributed by atoms with van der Waals surface area (Å²) in [4.78, 5) is 29.9. The molecule has 2 aromatic rings.